The van der Waals surface area contributed by atoms with E-state index in [4.69, 9.17) is 9.47 Å². The standard InChI is InChI=1S/C34H57N5O8/c1-13-14-16-21(24(40)27(42)35-17-15-18-36-29(44)46-32(5,6)7)37-26(41)23-22-20(34(22,11)12)19-39(23)28(43)25(31(2,3)4)38-30(45)47-33(8,9)10/h13,20-23,25H,1,14-19H2,2-12H3,(H,35,42)(H,36,44)(H,37,41)(H,38,45)/t20-,21+,22-,23?,25-/m1/s1. The summed E-state index contributed by atoms with van der Waals surface area (Å²) in [5.74, 6) is -2.73. The van der Waals surface area contributed by atoms with Crippen LogP contribution in [-0.4, -0.2) is 89.6 Å². The highest BCUT2D eigenvalue weighted by atomic mass is 16.6. The van der Waals surface area contributed by atoms with Crippen LogP contribution in [0.3, 0.4) is 0 Å². The van der Waals surface area contributed by atoms with Crippen LogP contribution < -0.4 is 21.3 Å². The fraction of sp³-hybridized carbons (Fsp3) is 0.765. The number of carbonyl (C=O) groups excluding carboxylic acids is 6. The molecule has 2 fully saturated rings. The summed E-state index contributed by atoms with van der Waals surface area (Å²) in [5, 5.41) is 10.6. The maximum atomic E-state index is 14.1. The zero-order valence-corrected chi connectivity index (χ0v) is 30.1. The number of nitrogens with one attached hydrogen (secondary N) is 4. The quantitative estimate of drug-likeness (QED) is 0.132. The second kappa shape index (κ2) is 15.1. The molecule has 0 aromatic rings. The van der Waals surface area contributed by atoms with E-state index in [-0.39, 0.29) is 36.8 Å². The van der Waals surface area contributed by atoms with Gasteiger partial charge in [0.2, 0.25) is 17.6 Å². The Kier molecular flexibility index (Phi) is 12.7. The first kappa shape index (κ1) is 39.5. The van der Waals surface area contributed by atoms with E-state index in [1.807, 2.05) is 34.6 Å². The van der Waals surface area contributed by atoms with Gasteiger partial charge in [-0.2, -0.15) is 0 Å². The minimum absolute atomic E-state index is 0.0595. The summed E-state index contributed by atoms with van der Waals surface area (Å²) in [4.78, 5) is 80.1. The first-order valence-corrected chi connectivity index (χ1v) is 16.4. The van der Waals surface area contributed by atoms with E-state index < -0.39 is 70.4 Å². The number of alkyl carbamates (subject to hydrolysis) is 2. The molecule has 5 atom stereocenters. The van der Waals surface area contributed by atoms with E-state index in [1.165, 1.54) is 4.90 Å². The number of ether oxygens (including phenoxy) is 2. The fourth-order valence-corrected chi connectivity index (χ4v) is 5.90. The van der Waals surface area contributed by atoms with Gasteiger partial charge in [0.05, 0.1) is 6.04 Å². The number of rotatable bonds is 13. The third kappa shape index (κ3) is 11.2. The molecule has 13 heteroatoms. The Labute approximate surface area is 279 Å². The molecule has 0 aromatic heterocycles. The Morgan fingerprint density at radius 2 is 1.43 bits per heavy atom. The number of likely N-dealkylation sites (tertiary alicyclic amines) is 1. The molecule has 0 bridgehead atoms. The Hall–Kier alpha value is -3.64. The first-order chi connectivity index (χ1) is 21.4. The molecule has 0 aromatic carbocycles. The number of Topliss-reactive ketones (excluding diaryl/α,β-unsaturated/α-hetero) is 1. The van der Waals surface area contributed by atoms with Gasteiger partial charge in [0.1, 0.15) is 23.3 Å². The van der Waals surface area contributed by atoms with Crippen molar-refractivity contribution in [2.75, 3.05) is 19.6 Å². The molecule has 5 amide bonds. The zero-order valence-electron chi connectivity index (χ0n) is 30.1. The Morgan fingerprint density at radius 1 is 0.872 bits per heavy atom. The van der Waals surface area contributed by atoms with Crippen LogP contribution in [0.4, 0.5) is 9.59 Å². The predicted molar refractivity (Wildman–Crippen MR) is 177 cm³/mol. The molecule has 2 rings (SSSR count). The van der Waals surface area contributed by atoms with Gasteiger partial charge < -0.3 is 35.6 Å². The molecular formula is C34H57N5O8. The Morgan fingerprint density at radius 3 is 1.96 bits per heavy atom. The lowest BCUT2D eigenvalue weighted by Gasteiger charge is -2.38. The van der Waals surface area contributed by atoms with Crippen molar-refractivity contribution in [1.82, 2.24) is 26.2 Å². The van der Waals surface area contributed by atoms with Gasteiger partial charge in [-0.25, -0.2) is 9.59 Å². The van der Waals surface area contributed by atoms with E-state index in [2.05, 4.69) is 27.8 Å². The number of allylic oxidation sites excluding steroid dienone is 1. The molecule has 1 saturated carbocycles. The second-order valence-corrected chi connectivity index (χ2v) is 16.2. The smallest absolute Gasteiger partial charge is 0.408 e. The second-order valence-electron chi connectivity index (χ2n) is 16.2. The van der Waals surface area contributed by atoms with Crippen molar-refractivity contribution in [1.29, 1.82) is 0 Å². The van der Waals surface area contributed by atoms with Crippen molar-refractivity contribution >= 4 is 35.7 Å². The number of piperidine rings is 1. The number of nitrogens with zero attached hydrogens (tertiary/aromatic N) is 1. The highest BCUT2D eigenvalue weighted by Gasteiger charge is 2.70. The number of ketones is 1. The van der Waals surface area contributed by atoms with Crippen LogP contribution >= 0.6 is 0 Å². The molecule has 1 unspecified atom stereocenters. The molecule has 266 valence electrons. The Bertz CT molecular complexity index is 1210. The van der Waals surface area contributed by atoms with Crippen LogP contribution in [0.5, 0.6) is 0 Å². The van der Waals surface area contributed by atoms with Crippen LogP contribution in [0.2, 0.25) is 0 Å². The first-order valence-electron chi connectivity index (χ1n) is 16.4. The molecule has 0 radical (unpaired) electrons. The van der Waals surface area contributed by atoms with Crippen molar-refractivity contribution < 1.29 is 38.2 Å². The molecule has 1 saturated heterocycles. The molecule has 2 aliphatic rings. The topological polar surface area (TPSA) is 172 Å². The molecule has 0 spiro atoms. The van der Waals surface area contributed by atoms with Crippen molar-refractivity contribution in [3.8, 4) is 0 Å². The van der Waals surface area contributed by atoms with E-state index in [9.17, 15) is 28.8 Å². The zero-order chi connectivity index (χ0) is 36.1. The molecule has 1 aliphatic heterocycles. The van der Waals surface area contributed by atoms with Gasteiger partial charge in [-0.15, -0.1) is 6.58 Å². The SMILES string of the molecule is C=CCC[C@H](NC(=O)C1[C@H]2[C@@H](CN1C(=O)[C@@H](NC(=O)OC(C)(C)C)C(C)(C)C)C2(C)C)C(=O)C(=O)NCCCNC(=O)OC(C)(C)C. The van der Waals surface area contributed by atoms with Crippen LogP contribution in [-0.2, 0) is 28.7 Å². The average molecular weight is 664 g/mol. The maximum absolute atomic E-state index is 14.1. The molecule has 1 heterocycles. The molecule has 1 aliphatic carbocycles. The van der Waals surface area contributed by atoms with Gasteiger partial charge in [0, 0.05) is 19.6 Å². The lowest BCUT2D eigenvalue weighted by atomic mass is 9.85. The lowest BCUT2D eigenvalue weighted by Crippen LogP contribution is -2.60. The minimum Gasteiger partial charge on any atom is -0.444 e. The van der Waals surface area contributed by atoms with Crippen LogP contribution in [0.25, 0.3) is 0 Å². The summed E-state index contributed by atoms with van der Waals surface area (Å²) < 4.78 is 10.6. The van der Waals surface area contributed by atoms with Gasteiger partial charge in [0.15, 0.2) is 0 Å². The summed E-state index contributed by atoms with van der Waals surface area (Å²) in [6.45, 7) is 24.3. The third-order valence-corrected chi connectivity index (χ3v) is 8.36. The summed E-state index contributed by atoms with van der Waals surface area (Å²) in [6.07, 6.45) is 1.13. The van der Waals surface area contributed by atoms with Crippen LogP contribution in [0.15, 0.2) is 12.7 Å². The van der Waals surface area contributed by atoms with Crippen molar-refractivity contribution in [3.63, 3.8) is 0 Å². The monoisotopic (exact) mass is 663 g/mol. The lowest BCUT2D eigenvalue weighted by molar-refractivity contribution is -0.145. The summed E-state index contributed by atoms with van der Waals surface area (Å²) in [6, 6.07) is -3.02. The van der Waals surface area contributed by atoms with Crippen LogP contribution in [0.1, 0.15) is 95.4 Å². The fourth-order valence-electron chi connectivity index (χ4n) is 5.90. The number of hydrogen-bond donors (Lipinski definition) is 4. The van der Waals surface area contributed by atoms with Crippen molar-refractivity contribution in [2.24, 2.45) is 22.7 Å². The van der Waals surface area contributed by atoms with Gasteiger partial charge in [0.25, 0.3) is 5.91 Å². The molecule has 13 nitrogen and oxygen atoms in total. The minimum atomic E-state index is -1.14. The average Bonchev–Trinajstić information content (AvgIpc) is 3.23. The van der Waals surface area contributed by atoms with Crippen LogP contribution in [0, 0.1) is 22.7 Å². The van der Waals surface area contributed by atoms with Gasteiger partial charge in [-0.1, -0.05) is 40.7 Å². The summed E-state index contributed by atoms with van der Waals surface area (Å²) >= 11 is 0. The van der Waals surface area contributed by atoms with Gasteiger partial charge in [-0.3, -0.25) is 19.2 Å². The Balaban J connectivity index is 2.15. The maximum Gasteiger partial charge on any atom is 0.408 e. The van der Waals surface area contributed by atoms with Gasteiger partial charge >= 0.3 is 12.2 Å². The van der Waals surface area contributed by atoms with E-state index >= 15 is 0 Å². The molecule has 4 N–H and O–H groups in total. The van der Waals surface area contributed by atoms with E-state index in [1.54, 1.807) is 47.6 Å². The number of hydrogen-bond acceptors (Lipinski definition) is 8. The normalized spacial score (nSPS) is 21.3. The van der Waals surface area contributed by atoms with Gasteiger partial charge in [-0.05, 0) is 83.5 Å². The predicted octanol–water partition coefficient (Wildman–Crippen LogP) is 3.46. The number of carbonyl (C=O) groups is 6. The number of fused-ring (bicyclic) bond motifs is 1. The highest BCUT2D eigenvalue weighted by molar-refractivity contribution is 6.38. The highest BCUT2D eigenvalue weighted by Crippen LogP contribution is 2.65. The molecule has 47 heavy (non-hydrogen) atoms. The molecular weight excluding hydrogens is 606 g/mol. The number of amides is 5. The van der Waals surface area contributed by atoms with E-state index in [0.717, 1.165) is 0 Å². The summed E-state index contributed by atoms with van der Waals surface area (Å²) in [7, 11) is 0. The largest absolute Gasteiger partial charge is 0.444 e. The van der Waals surface area contributed by atoms with Crippen molar-refractivity contribution in [3.05, 3.63) is 12.7 Å². The van der Waals surface area contributed by atoms with Crippen molar-refractivity contribution in [2.45, 2.75) is 125 Å². The summed E-state index contributed by atoms with van der Waals surface area (Å²) in [5.41, 5.74) is -2.33. The van der Waals surface area contributed by atoms with E-state index in [0.29, 0.717) is 19.4 Å². The third-order valence-electron chi connectivity index (χ3n) is 8.36.